The van der Waals surface area contributed by atoms with Crippen LogP contribution >= 0.6 is 0 Å². The number of esters is 1. The lowest BCUT2D eigenvalue weighted by molar-refractivity contribution is -0.137. The summed E-state index contributed by atoms with van der Waals surface area (Å²) in [5.41, 5.74) is 0. The molecule has 0 aliphatic heterocycles. The van der Waals surface area contributed by atoms with E-state index in [0.29, 0.717) is 6.61 Å². The van der Waals surface area contributed by atoms with E-state index in [1.54, 1.807) is 19.1 Å². The predicted octanol–water partition coefficient (Wildman–Crippen LogP) is 2.42. The average Bonchev–Trinajstić information content (AvgIpc) is 2.16. The van der Waals surface area contributed by atoms with E-state index < -0.39 is 0 Å². The van der Waals surface area contributed by atoms with Crippen LogP contribution in [-0.2, 0) is 14.3 Å². The Morgan fingerprint density at radius 1 is 1.13 bits per heavy atom. The molecule has 0 amide bonds. The van der Waals surface area contributed by atoms with Gasteiger partial charge < -0.3 is 4.74 Å². The average molecular weight is 210 g/mol. The van der Waals surface area contributed by atoms with Gasteiger partial charge in [0.15, 0.2) is 5.78 Å². The Hall–Kier alpha value is -1.38. The molecule has 0 N–H and O–H groups in total. The third-order valence-electron chi connectivity index (χ3n) is 1.63. The van der Waals surface area contributed by atoms with Crippen molar-refractivity contribution < 1.29 is 14.3 Å². The fourth-order valence-electron chi connectivity index (χ4n) is 0.973. The van der Waals surface area contributed by atoms with Gasteiger partial charge >= 0.3 is 5.97 Å². The van der Waals surface area contributed by atoms with Crippen LogP contribution in [0, 0.1) is 0 Å². The van der Waals surface area contributed by atoms with Gasteiger partial charge in [0.2, 0.25) is 0 Å². The molecule has 3 nitrogen and oxygen atoms in total. The number of unbranched alkanes of at least 4 members (excludes halogenated alkanes) is 2. The van der Waals surface area contributed by atoms with Crippen molar-refractivity contribution in [1.82, 2.24) is 0 Å². The minimum Gasteiger partial charge on any atom is -0.463 e. The zero-order chi connectivity index (χ0) is 11.5. The molecule has 15 heavy (non-hydrogen) atoms. The molecule has 0 saturated heterocycles. The summed E-state index contributed by atoms with van der Waals surface area (Å²) < 4.78 is 4.72. The van der Waals surface area contributed by atoms with E-state index in [9.17, 15) is 9.59 Å². The first-order valence-electron chi connectivity index (χ1n) is 5.17. The molecule has 84 valence electrons. The highest BCUT2D eigenvalue weighted by Crippen LogP contribution is 1.98. The number of hydrogen-bond donors (Lipinski definition) is 0. The van der Waals surface area contributed by atoms with Crippen LogP contribution in [-0.4, -0.2) is 18.4 Å². The molecule has 0 atom stereocenters. The zero-order valence-electron chi connectivity index (χ0n) is 9.36. The van der Waals surface area contributed by atoms with Crippen LogP contribution in [0.5, 0.6) is 0 Å². The molecule has 0 fully saturated rings. The molecule has 0 aromatic carbocycles. The van der Waals surface area contributed by atoms with Gasteiger partial charge in [0.25, 0.3) is 0 Å². The van der Waals surface area contributed by atoms with Crippen LogP contribution in [0.3, 0.4) is 0 Å². The fourth-order valence-corrected chi connectivity index (χ4v) is 0.973. The van der Waals surface area contributed by atoms with Gasteiger partial charge in [0.1, 0.15) is 0 Å². The fraction of sp³-hybridized carbons (Fsp3) is 0.500. The van der Waals surface area contributed by atoms with Gasteiger partial charge in [-0.2, -0.15) is 0 Å². The quantitative estimate of drug-likeness (QED) is 0.368. The summed E-state index contributed by atoms with van der Waals surface area (Å²) in [6.45, 7) is 3.71. The van der Waals surface area contributed by atoms with Gasteiger partial charge in [-0.25, -0.2) is 4.79 Å². The van der Waals surface area contributed by atoms with E-state index in [4.69, 9.17) is 4.74 Å². The molecular formula is C12H18O3. The minimum absolute atomic E-state index is 0.0667. The molecule has 0 heterocycles. The number of ketones is 1. The zero-order valence-corrected chi connectivity index (χ0v) is 9.36. The van der Waals surface area contributed by atoms with Crippen molar-refractivity contribution in [1.29, 1.82) is 0 Å². The van der Waals surface area contributed by atoms with E-state index >= 15 is 0 Å². The topological polar surface area (TPSA) is 43.4 Å². The molecule has 0 spiro atoms. The molecule has 3 heteroatoms. The lowest BCUT2D eigenvalue weighted by Gasteiger charge is -1.94. The van der Waals surface area contributed by atoms with Gasteiger partial charge in [0.05, 0.1) is 6.61 Å². The Morgan fingerprint density at radius 2 is 1.73 bits per heavy atom. The van der Waals surface area contributed by atoms with Crippen LogP contribution in [0.15, 0.2) is 24.3 Å². The molecule has 0 saturated carbocycles. The predicted molar refractivity (Wildman–Crippen MR) is 59.4 cm³/mol. The molecule has 0 aromatic rings. The molecule has 0 aliphatic carbocycles. The summed E-state index contributed by atoms with van der Waals surface area (Å²) >= 11 is 0. The van der Waals surface area contributed by atoms with Crippen molar-refractivity contribution in [2.75, 3.05) is 6.61 Å². The highest BCUT2D eigenvalue weighted by molar-refractivity contribution is 5.87. The SMILES string of the molecule is CCOC(=O)/C=C/CCC/C=C/C(C)=O. The highest BCUT2D eigenvalue weighted by Gasteiger charge is 1.91. The molecule has 0 bridgehead atoms. The summed E-state index contributed by atoms with van der Waals surface area (Å²) in [4.78, 5) is 21.4. The Bertz CT molecular complexity index is 252. The number of ether oxygens (including phenoxy) is 1. The Balaban J connectivity index is 3.45. The van der Waals surface area contributed by atoms with Crippen molar-refractivity contribution in [3.8, 4) is 0 Å². The van der Waals surface area contributed by atoms with Gasteiger partial charge in [-0.05, 0) is 39.2 Å². The second kappa shape index (κ2) is 9.19. The summed E-state index contributed by atoms with van der Waals surface area (Å²) in [7, 11) is 0. The first-order chi connectivity index (χ1) is 7.16. The minimum atomic E-state index is -0.295. The Morgan fingerprint density at radius 3 is 2.27 bits per heavy atom. The van der Waals surface area contributed by atoms with Crippen LogP contribution < -0.4 is 0 Å². The first kappa shape index (κ1) is 13.6. The van der Waals surface area contributed by atoms with Gasteiger partial charge in [-0.1, -0.05) is 12.2 Å². The highest BCUT2D eigenvalue weighted by atomic mass is 16.5. The van der Waals surface area contributed by atoms with E-state index in [0.717, 1.165) is 19.3 Å². The second-order valence-corrected chi connectivity index (χ2v) is 3.10. The van der Waals surface area contributed by atoms with E-state index in [2.05, 4.69) is 0 Å². The van der Waals surface area contributed by atoms with Crippen molar-refractivity contribution in [2.24, 2.45) is 0 Å². The Labute approximate surface area is 90.8 Å². The van der Waals surface area contributed by atoms with E-state index in [1.165, 1.54) is 13.0 Å². The third kappa shape index (κ3) is 10.5. The third-order valence-corrected chi connectivity index (χ3v) is 1.63. The van der Waals surface area contributed by atoms with Crippen LogP contribution in [0.25, 0.3) is 0 Å². The maximum atomic E-state index is 10.9. The smallest absolute Gasteiger partial charge is 0.330 e. The summed E-state index contributed by atoms with van der Waals surface area (Å²) in [6, 6.07) is 0. The molecule has 0 unspecified atom stereocenters. The first-order valence-corrected chi connectivity index (χ1v) is 5.17. The van der Waals surface area contributed by atoms with Crippen LogP contribution in [0.2, 0.25) is 0 Å². The number of carbonyl (C=O) groups excluding carboxylic acids is 2. The van der Waals surface area contributed by atoms with E-state index in [1.807, 2.05) is 6.08 Å². The maximum absolute atomic E-state index is 10.9. The lowest BCUT2D eigenvalue weighted by atomic mass is 10.2. The van der Waals surface area contributed by atoms with Crippen molar-refractivity contribution in [2.45, 2.75) is 33.1 Å². The lowest BCUT2D eigenvalue weighted by Crippen LogP contribution is -1.98. The largest absolute Gasteiger partial charge is 0.463 e. The molecule has 0 aromatic heterocycles. The second-order valence-electron chi connectivity index (χ2n) is 3.10. The van der Waals surface area contributed by atoms with Crippen LogP contribution in [0.4, 0.5) is 0 Å². The molecule has 0 radical (unpaired) electrons. The van der Waals surface area contributed by atoms with Gasteiger partial charge in [0, 0.05) is 6.08 Å². The molecular weight excluding hydrogens is 192 g/mol. The number of allylic oxidation sites excluding steroid dienone is 3. The Kier molecular flexibility index (Phi) is 8.34. The number of carbonyl (C=O) groups is 2. The summed E-state index contributed by atoms with van der Waals surface area (Å²) in [6.07, 6.45) is 9.25. The van der Waals surface area contributed by atoms with Crippen LogP contribution in [0.1, 0.15) is 33.1 Å². The van der Waals surface area contributed by atoms with Crippen molar-refractivity contribution >= 4 is 11.8 Å². The monoisotopic (exact) mass is 210 g/mol. The van der Waals surface area contributed by atoms with Gasteiger partial charge in [-0.3, -0.25) is 4.79 Å². The summed E-state index contributed by atoms with van der Waals surface area (Å²) in [5.74, 6) is -0.228. The van der Waals surface area contributed by atoms with Gasteiger partial charge in [-0.15, -0.1) is 0 Å². The van der Waals surface area contributed by atoms with E-state index in [-0.39, 0.29) is 11.8 Å². The maximum Gasteiger partial charge on any atom is 0.330 e. The van der Waals surface area contributed by atoms with Crippen molar-refractivity contribution in [3.63, 3.8) is 0 Å². The summed E-state index contributed by atoms with van der Waals surface area (Å²) in [5, 5.41) is 0. The standard InChI is InChI=1S/C12H18O3/c1-3-15-12(14)10-8-6-4-5-7-9-11(2)13/h7-10H,3-6H2,1-2H3/b9-7+,10-8+. The number of rotatable bonds is 7. The molecule has 0 rings (SSSR count). The molecule has 0 aliphatic rings. The number of hydrogen-bond acceptors (Lipinski definition) is 3. The normalized spacial score (nSPS) is 11.1. The van der Waals surface area contributed by atoms with Crippen molar-refractivity contribution in [3.05, 3.63) is 24.3 Å².